The zero-order valence-corrected chi connectivity index (χ0v) is 19.7. The molecule has 1 heterocycles. The van der Waals surface area contributed by atoms with Crippen LogP contribution in [0.25, 0.3) is 0 Å². The van der Waals surface area contributed by atoms with Gasteiger partial charge in [0.15, 0.2) is 6.29 Å². The maximum atomic E-state index is 10.7. The van der Waals surface area contributed by atoms with E-state index in [1.54, 1.807) is 0 Å². The van der Waals surface area contributed by atoms with E-state index in [9.17, 15) is 10.2 Å². The van der Waals surface area contributed by atoms with E-state index in [0.29, 0.717) is 10.8 Å². The molecule has 1 saturated heterocycles. The largest absolute Gasteiger partial charge is 0.399 e. The van der Waals surface area contributed by atoms with E-state index in [2.05, 4.69) is 67.6 Å². The van der Waals surface area contributed by atoms with Gasteiger partial charge in [0.25, 0.3) is 8.32 Å². The highest BCUT2D eigenvalue weighted by Gasteiger charge is 2.53. The summed E-state index contributed by atoms with van der Waals surface area (Å²) in [6.07, 6.45) is -2.29. The standard InChI is InChI=1S/C22H29IO4Si/c1-22(2,3)28(16-10-6-4-7-11-16,17-12-8-5-9-13-17)27-19-14-18(24)20(15-23)26-21(19)25/h4-13,18-21,24-25H,14-15H2,1-3H3/t18-,19+,20+,21-/m0/s1. The van der Waals surface area contributed by atoms with Crippen molar-refractivity contribution in [3.8, 4) is 0 Å². The highest BCUT2D eigenvalue weighted by molar-refractivity contribution is 14.1. The van der Waals surface area contributed by atoms with Crippen LogP contribution in [0.1, 0.15) is 27.2 Å². The highest BCUT2D eigenvalue weighted by Crippen LogP contribution is 2.39. The minimum absolute atomic E-state index is 0.194. The topological polar surface area (TPSA) is 58.9 Å². The summed E-state index contributed by atoms with van der Waals surface area (Å²) in [5.41, 5.74) is 0. The Bertz CT molecular complexity index is 711. The third kappa shape index (κ3) is 4.22. The SMILES string of the molecule is CC(C)(C)[Si](O[C@@H]1C[C@H](O)[C@@H](CI)O[C@@H]1O)(c1ccccc1)c1ccccc1. The predicted molar refractivity (Wildman–Crippen MR) is 123 cm³/mol. The molecule has 4 nitrogen and oxygen atoms in total. The third-order valence-electron chi connectivity index (χ3n) is 5.43. The number of hydrogen-bond donors (Lipinski definition) is 2. The van der Waals surface area contributed by atoms with Crippen molar-refractivity contribution < 1.29 is 19.4 Å². The van der Waals surface area contributed by atoms with Crippen LogP contribution >= 0.6 is 22.6 Å². The maximum absolute atomic E-state index is 10.7. The molecule has 4 atom stereocenters. The van der Waals surface area contributed by atoms with Gasteiger partial charge in [0.2, 0.25) is 0 Å². The molecule has 2 N–H and O–H groups in total. The fourth-order valence-corrected chi connectivity index (χ4v) is 9.50. The van der Waals surface area contributed by atoms with Crippen molar-refractivity contribution in [3.05, 3.63) is 60.7 Å². The van der Waals surface area contributed by atoms with Crippen molar-refractivity contribution in [2.45, 2.75) is 56.8 Å². The van der Waals surface area contributed by atoms with Crippen molar-refractivity contribution in [3.63, 3.8) is 0 Å². The Kier molecular flexibility index (Phi) is 6.99. The minimum atomic E-state index is -2.79. The summed E-state index contributed by atoms with van der Waals surface area (Å²) in [5, 5.41) is 23.3. The summed E-state index contributed by atoms with van der Waals surface area (Å²) in [6, 6.07) is 20.6. The van der Waals surface area contributed by atoms with Gasteiger partial charge in [-0.05, 0) is 15.4 Å². The van der Waals surface area contributed by atoms with Gasteiger partial charge in [0.05, 0.1) is 18.3 Å². The fourth-order valence-electron chi connectivity index (χ4n) is 4.03. The number of hydrogen-bond acceptors (Lipinski definition) is 4. The number of aliphatic hydroxyl groups is 2. The summed E-state index contributed by atoms with van der Waals surface area (Å²) in [7, 11) is -2.79. The van der Waals surface area contributed by atoms with Crippen molar-refractivity contribution in [2.24, 2.45) is 0 Å². The first-order valence-corrected chi connectivity index (χ1v) is 13.1. The average molecular weight is 512 g/mol. The fraction of sp³-hybridized carbons (Fsp3) is 0.455. The van der Waals surface area contributed by atoms with E-state index >= 15 is 0 Å². The molecule has 28 heavy (non-hydrogen) atoms. The molecular formula is C22H29IO4Si. The first kappa shape index (κ1) is 21.9. The third-order valence-corrected chi connectivity index (χ3v) is 11.4. The monoisotopic (exact) mass is 512 g/mol. The second-order valence-corrected chi connectivity index (χ2v) is 13.5. The van der Waals surface area contributed by atoms with Crippen molar-refractivity contribution in [1.29, 1.82) is 0 Å². The number of aliphatic hydroxyl groups excluding tert-OH is 2. The van der Waals surface area contributed by atoms with E-state index in [4.69, 9.17) is 9.16 Å². The minimum Gasteiger partial charge on any atom is -0.399 e. The Morgan fingerprint density at radius 3 is 1.93 bits per heavy atom. The van der Waals surface area contributed by atoms with Gasteiger partial charge in [0, 0.05) is 10.8 Å². The molecule has 0 spiro atoms. The number of ether oxygens (including phenoxy) is 1. The zero-order chi connectivity index (χ0) is 20.4. The van der Waals surface area contributed by atoms with Crippen LogP contribution in [0, 0.1) is 0 Å². The molecule has 2 aromatic carbocycles. The first-order chi connectivity index (χ1) is 13.3. The van der Waals surface area contributed by atoms with Gasteiger partial charge in [-0.15, -0.1) is 0 Å². The van der Waals surface area contributed by atoms with Crippen LogP contribution in [-0.4, -0.2) is 47.6 Å². The summed E-state index contributed by atoms with van der Waals surface area (Å²) in [5.74, 6) is 0. The number of alkyl halides is 1. The van der Waals surface area contributed by atoms with Gasteiger partial charge in [-0.3, -0.25) is 0 Å². The van der Waals surface area contributed by atoms with E-state index in [-0.39, 0.29) is 11.1 Å². The Labute approximate surface area is 182 Å². The quantitative estimate of drug-likeness (QED) is 0.368. The van der Waals surface area contributed by atoms with E-state index in [1.165, 1.54) is 0 Å². The Balaban J connectivity index is 2.09. The molecule has 1 aliphatic rings. The summed E-state index contributed by atoms with van der Waals surface area (Å²) in [6.45, 7) is 6.58. The van der Waals surface area contributed by atoms with Gasteiger partial charge in [0.1, 0.15) is 0 Å². The Hall–Kier alpha value is -0.773. The van der Waals surface area contributed by atoms with Gasteiger partial charge in [-0.1, -0.05) is 104 Å². The van der Waals surface area contributed by atoms with Crippen molar-refractivity contribution >= 4 is 41.3 Å². The molecule has 2 aromatic rings. The molecule has 0 bridgehead atoms. The molecule has 0 saturated carbocycles. The predicted octanol–water partition coefficient (Wildman–Crippen LogP) is 2.83. The maximum Gasteiger partial charge on any atom is 0.261 e. The van der Waals surface area contributed by atoms with Crippen molar-refractivity contribution in [1.82, 2.24) is 0 Å². The van der Waals surface area contributed by atoms with Crippen LogP contribution in [0.3, 0.4) is 0 Å². The lowest BCUT2D eigenvalue weighted by molar-refractivity contribution is -0.234. The summed E-state index contributed by atoms with van der Waals surface area (Å²) >= 11 is 2.17. The smallest absolute Gasteiger partial charge is 0.261 e. The van der Waals surface area contributed by atoms with Gasteiger partial charge in [-0.25, -0.2) is 0 Å². The van der Waals surface area contributed by atoms with E-state index in [1.807, 2.05) is 36.4 Å². The lowest BCUT2D eigenvalue weighted by Gasteiger charge is -2.47. The molecule has 1 fully saturated rings. The average Bonchev–Trinajstić information content (AvgIpc) is 2.68. The summed E-state index contributed by atoms with van der Waals surface area (Å²) in [4.78, 5) is 0. The number of benzene rings is 2. The van der Waals surface area contributed by atoms with E-state index in [0.717, 1.165) is 10.4 Å². The molecule has 6 heteroatoms. The summed E-state index contributed by atoms with van der Waals surface area (Å²) < 4.78 is 13.2. The second kappa shape index (κ2) is 8.93. The van der Waals surface area contributed by atoms with Crippen LogP contribution in [0.2, 0.25) is 5.04 Å². The molecule has 0 radical (unpaired) electrons. The molecule has 0 amide bonds. The molecule has 1 aliphatic heterocycles. The number of rotatable bonds is 5. The van der Waals surface area contributed by atoms with Crippen LogP contribution in [0.5, 0.6) is 0 Å². The van der Waals surface area contributed by atoms with Crippen molar-refractivity contribution in [2.75, 3.05) is 4.43 Å². The molecule has 0 aromatic heterocycles. The highest BCUT2D eigenvalue weighted by atomic mass is 127. The normalized spacial score (nSPS) is 26.2. The van der Waals surface area contributed by atoms with Gasteiger partial charge >= 0.3 is 0 Å². The molecule has 0 aliphatic carbocycles. The van der Waals surface area contributed by atoms with Gasteiger partial charge < -0.3 is 19.4 Å². The Morgan fingerprint density at radius 1 is 1.00 bits per heavy atom. The van der Waals surface area contributed by atoms with Crippen LogP contribution in [0.15, 0.2) is 60.7 Å². The molecule has 3 rings (SSSR count). The molecular weight excluding hydrogens is 483 g/mol. The lowest BCUT2D eigenvalue weighted by atomic mass is 10.0. The Morgan fingerprint density at radius 2 is 1.50 bits per heavy atom. The zero-order valence-electron chi connectivity index (χ0n) is 16.6. The second-order valence-electron chi connectivity index (χ2n) is 8.34. The van der Waals surface area contributed by atoms with Crippen LogP contribution in [0.4, 0.5) is 0 Å². The van der Waals surface area contributed by atoms with Gasteiger partial charge in [-0.2, -0.15) is 0 Å². The van der Waals surface area contributed by atoms with Crippen LogP contribution in [-0.2, 0) is 9.16 Å². The number of halogens is 1. The molecule has 0 unspecified atom stereocenters. The molecule has 152 valence electrons. The van der Waals surface area contributed by atoms with E-state index < -0.39 is 26.8 Å². The first-order valence-electron chi connectivity index (χ1n) is 9.66. The van der Waals surface area contributed by atoms with Crippen LogP contribution < -0.4 is 10.4 Å². The lowest BCUT2D eigenvalue weighted by Crippen LogP contribution is -2.69.